The van der Waals surface area contributed by atoms with E-state index in [0.29, 0.717) is 30.2 Å². The summed E-state index contributed by atoms with van der Waals surface area (Å²) >= 11 is 1.59. The Morgan fingerprint density at radius 2 is 1.64 bits per heavy atom. The van der Waals surface area contributed by atoms with Gasteiger partial charge in [-0.1, -0.05) is 0 Å². The first-order chi connectivity index (χ1) is 13.3. The second-order valence-corrected chi connectivity index (χ2v) is 9.94. The lowest BCUT2D eigenvalue weighted by Gasteiger charge is -2.34. The van der Waals surface area contributed by atoms with E-state index in [0.717, 1.165) is 9.75 Å². The van der Waals surface area contributed by atoms with E-state index in [1.54, 1.807) is 22.3 Å². The molecule has 7 nitrogen and oxygen atoms in total. The predicted octanol–water partition coefficient (Wildman–Crippen LogP) is 2.53. The molecule has 9 heteroatoms. The van der Waals surface area contributed by atoms with Crippen molar-refractivity contribution in [3.8, 4) is 11.5 Å². The zero-order valence-electron chi connectivity index (χ0n) is 16.4. The number of carbonyl (C=O) groups is 1. The highest BCUT2D eigenvalue weighted by molar-refractivity contribution is 7.89. The molecular formula is C19H24N2O5S2. The summed E-state index contributed by atoms with van der Waals surface area (Å²) in [6, 6.07) is 6.44. The van der Waals surface area contributed by atoms with Crippen LogP contribution in [0.2, 0.25) is 0 Å². The van der Waals surface area contributed by atoms with Crippen molar-refractivity contribution in [3.05, 3.63) is 39.6 Å². The van der Waals surface area contributed by atoms with Crippen LogP contribution in [0.4, 0.5) is 0 Å². The molecule has 1 amide bonds. The molecule has 0 spiro atoms. The zero-order valence-corrected chi connectivity index (χ0v) is 18.0. The van der Waals surface area contributed by atoms with Gasteiger partial charge in [0.15, 0.2) is 11.5 Å². The molecule has 0 N–H and O–H groups in total. The summed E-state index contributed by atoms with van der Waals surface area (Å²) in [6.45, 7) is 5.14. The molecule has 1 aliphatic heterocycles. The van der Waals surface area contributed by atoms with Crippen LogP contribution in [0, 0.1) is 13.8 Å². The SMILES string of the molecule is COc1ccc(S(=O)(=O)N2CCN(C(=O)c3cc(C)sc3C)CC2)cc1OC. The lowest BCUT2D eigenvalue weighted by Crippen LogP contribution is -2.50. The summed E-state index contributed by atoms with van der Waals surface area (Å²) in [5.74, 6) is 0.795. The smallest absolute Gasteiger partial charge is 0.255 e. The minimum atomic E-state index is -3.68. The first-order valence-corrected chi connectivity index (χ1v) is 11.1. The number of ether oxygens (including phenoxy) is 2. The van der Waals surface area contributed by atoms with Crippen molar-refractivity contribution in [2.24, 2.45) is 0 Å². The molecule has 1 aromatic heterocycles. The molecule has 2 heterocycles. The number of piperazine rings is 1. The Morgan fingerprint density at radius 3 is 2.18 bits per heavy atom. The molecule has 2 aromatic rings. The Bertz CT molecular complexity index is 976. The number of sulfonamides is 1. The molecule has 152 valence electrons. The Labute approximate surface area is 169 Å². The van der Waals surface area contributed by atoms with E-state index in [2.05, 4.69) is 0 Å². The standard InChI is InChI=1S/C19H24N2O5S2/c1-13-11-16(14(2)27-13)19(22)20-7-9-21(10-8-20)28(23,24)15-5-6-17(25-3)18(12-15)26-4/h5-6,11-12H,7-10H2,1-4H3. The Balaban J connectivity index is 1.73. The molecule has 1 aliphatic rings. The molecule has 28 heavy (non-hydrogen) atoms. The summed E-state index contributed by atoms with van der Waals surface area (Å²) < 4.78 is 37.8. The third-order valence-electron chi connectivity index (χ3n) is 4.79. The maximum absolute atomic E-state index is 13.0. The molecule has 0 bridgehead atoms. The number of thiophene rings is 1. The van der Waals surface area contributed by atoms with Gasteiger partial charge in [-0.05, 0) is 32.0 Å². The average molecular weight is 425 g/mol. The second-order valence-electron chi connectivity index (χ2n) is 6.54. The fraction of sp³-hybridized carbons (Fsp3) is 0.421. The van der Waals surface area contributed by atoms with Gasteiger partial charge in [-0.2, -0.15) is 4.31 Å². The average Bonchev–Trinajstić information content (AvgIpc) is 3.04. The monoisotopic (exact) mass is 424 g/mol. The van der Waals surface area contributed by atoms with Crippen LogP contribution in [0.3, 0.4) is 0 Å². The van der Waals surface area contributed by atoms with Crippen molar-refractivity contribution in [1.82, 2.24) is 9.21 Å². The molecular weight excluding hydrogens is 400 g/mol. The number of hydrogen-bond acceptors (Lipinski definition) is 6. The number of methoxy groups -OCH3 is 2. The molecule has 1 aromatic carbocycles. The maximum Gasteiger partial charge on any atom is 0.255 e. The minimum absolute atomic E-state index is 0.0370. The van der Waals surface area contributed by atoms with Crippen LogP contribution in [0.1, 0.15) is 20.1 Å². The fourth-order valence-corrected chi connectivity index (χ4v) is 5.63. The van der Waals surface area contributed by atoms with Gasteiger partial charge >= 0.3 is 0 Å². The van der Waals surface area contributed by atoms with Crippen molar-refractivity contribution in [1.29, 1.82) is 0 Å². The van der Waals surface area contributed by atoms with Crippen LogP contribution < -0.4 is 9.47 Å². The van der Waals surface area contributed by atoms with Crippen LogP contribution in [0.25, 0.3) is 0 Å². The highest BCUT2D eigenvalue weighted by Gasteiger charge is 2.31. The number of amides is 1. The summed E-state index contributed by atoms with van der Waals surface area (Å²) in [6.07, 6.45) is 0. The van der Waals surface area contributed by atoms with Crippen LogP contribution in [0.15, 0.2) is 29.2 Å². The Kier molecular flexibility index (Phi) is 5.97. The maximum atomic E-state index is 13.0. The minimum Gasteiger partial charge on any atom is -0.493 e. The van der Waals surface area contributed by atoms with Gasteiger partial charge in [-0.3, -0.25) is 4.79 Å². The quantitative estimate of drug-likeness (QED) is 0.737. The van der Waals surface area contributed by atoms with Crippen molar-refractivity contribution in [2.75, 3.05) is 40.4 Å². The Hall–Kier alpha value is -2.10. The first kappa shape index (κ1) is 20.6. The van der Waals surface area contributed by atoms with Gasteiger partial charge in [0.1, 0.15) is 0 Å². The molecule has 1 saturated heterocycles. The predicted molar refractivity (Wildman–Crippen MR) is 108 cm³/mol. The van der Waals surface area contributed by atoms with E-state index in [1.807, 2.05) is 19.9 Å². The van der Waals surface area contributed by atoms with Crippen LogP contribution in [-0.2, 0) is 10.0 Å². The fourth-order valence-electron chi connectivity index (χ4n) is 3.27. The number of carbonyl (C=O) groups excluding carboxylic acids is 1. The summed E-state index contributed by atoms with van der Waals surface area (Å²) in [4.78, 5) is 16.7. The number of nitrogens with zero attached hydrogens (tertiary/aromatic N) is 2. The number of hydrogen-bond donors (Lipinski definition) is 0. The lowest BCUT2D eigenvalue weighted by atomic mass is 10.2. The van der Waals surface area contributed by atoms with Crippen molar-refractivity contribution < 1.29 is 22.7 Å². The molecule has 3 rings (SSSR count). The number of benzene rings is 1. The zero-order chi connectivity index (χ0) is 20.5. The van der Waals surface area contributed by atoms with E-state index < -0.39 is 10.0 Å². The van der Waals surface area contributed by atoms with Crippen molar-refractivity contribution in [2.45, 2.75) is 18.7 Å². The topological polar surface area (TPSA) is 76.2 Å². The molecule has 0 aliphatic carbocycles. The van der Waals surface area contributed by atoms with E-state index >= 15 is 0 Å². The molecule has 0 saturated carbocycles. The highest BCUT2D eigenvalue weighted by atomic mass is 32.2. The molecule has 0 unspecified atom stereocenters. The molecule has 0 radical (unpaired) electrons. The van der Waals surface area contributed by atoms with Gasteiger partial charge in [0.05, 0.1) is 24.7 Å². The van der Waals surface area contributed by atoms with Crippen LogP contribution in [-0.4, -0.2) is 63.9 Å². The highest BCUT2D eigenvalue weighted by Crippen LogP contribution is 2.31. The molecule has 0 atom stereocenters. The summed E-state index contributed by atoms with van der Waals surface area (Å²) in [7, 11) is -0.712. The van der Waals surface area contributed by atoms with Gasteiger partial charge in [-0.15, -0.1) is 11.3 Å². The molecule has 1 fully saturated rings. The van der Waals surface area contributed by atoms with Crippen LogP contribution in [0.5, 0.6) is 11.5 Å². The van der Waals surface area contributed by atoms with E-state index in [9.17, 15) is 13.2 Å². The van der Waals surface area contributed by atoms with Gasteiger partial charge in [0.25, 0.3) is 5.91 Å². The van der Waals surface area contributed by atoms with Gasteiger partial charge in [-0.25, -0.2) is 8.42 Å². The number of aryl methyl sites for hydroxylation is 2. The third kappa shape index (κ3) is 3.87. The van der Waals surface area contributed by atoms with E-state index in [1.165, 1.54) is 30.7 Å². The summed E-state index contributed by atoms with van der Waals surface area (Å²) in [5, 5.41) is 0. The van der Waals surface area contributed by atoms with E-state index in [-0.39, 0.29) is 23.9 Å². The van der Waals surface area contributed by atoms with Crippen LogP contribution >= 0.6 is 11.3 Å². The van der Waals surface area contributed by atoms with Crippen molar-refractivity contribution in [3.63, 3.8) is 0 Å². The van der Waals surface area contributed by atoms with Gasteiger partial charge in [0.2, 0.25) is 10.0 Å². The second kappa shape index (κ2) is 8.10. The van der Waals surface area contributed by atoms with Gasteiger partial charge < -0.3 is 14.4 Å². The van der Waals surface area contributed by atoms with Crippen molar-refractivity contribution >= 4 is 27.3 Å². The Morgan fingerprint density at radius 1 is 1.00 bits per heavy atom. The normalized spacial score (nSPS) is 15.5. The van der Waals surface area contributed by atoms with Gasteiger partial charge in [0, 0.05) is 42.0 Å². The number of rotatable bonds is 5. The van der Waals surface area contributed by atoms with E-state index in [4.69, 9.17) is 9.47 Å². The third-order valence-corrected chi connectivity index (χ3v) is 7.65. The summed E-state index contributed by atoms with van der Waals surface area (Å²) in [5.41, 5.74) is 0.707. The lowest BCUT2D eigenvalue weighted by molar-refractivity contribution is 0.0697. The largest absolute Gasteiger partial charge is 0.493 e. The first-order valence-electron chi connectivity index (χ1n) is 8.86.